The Morgan fingerprint density at radius 1 is 1.17 bits per heavy atom. The molecule has 1 N–H and O–H groups in total. The average molecular weight is 508 g/mol. The molecule has 5 nitrogen and oxygen atoms in total. The van der Waals surface area contributed by atoms with Crippen LogP contribution >= 0.6 is 0 Å². The highest BCUT2D eigenvalue weighted by Crippen LogP contribution is 2.33. The summed E-state index contributed by atoms with van der Waals surface area (Å²) < 4.78 is 73.2. The molecule has 2 aromatic carbocycles. The summed E-state index contributed by atoms with van der Waals surface area (Å²) in [6.45, 7) is 7.60. The molecule has 0 aliphatic rings. The lowest BCUT2D eigenvalue weighted by Gasteiger charge is -2.19. The molecule has 9 heteroatoms. The molecule has 0 saturated carbocycles. The van der Waals surface area contributed by atoms with Crippen LogP contribution in [-0.2, 0) is 25.7 Å². The minimum atomic E-state index is -4.63. The summed E-state index contributed by atoms with van der Waals surface area (Å²) in [5, 5.41) is -1.13. The van der Waals surface area contributed by atoms with Crippen molar-refractivity contribution in [2.75, 3.05) is 11.8 Å². The van der Waals surface area contributed by atoms with Crippen LogP contribution in [0.1, 0.15) is 66.5 Å². The summed E-state index contributed by atoms with van der Waals surface area (Å²) in [5.74, 6) is 5.06. The van der Waals surface area contributed by atoms with Crippen molar-refractivity contribution in [3.63, 3.8) is 0 Å². The Balaban J connectivity index is 2.40. The molecule has 1 unspecified atom stereocenters. The van der Waals surface area contributed by atoms with Gasteiger partial charge in [-0.1, -0.05) is 56.0 Å². The van der Waals surface area contributed by atoms with Crippen LogP contribution in [0.5, 0.6) is 0 Å². The number of sulfonamides is 1. The first-order chi connectivity index (χ1) is 16.4. The number of hydrogen-bond acceptors (Lipinski definition) is 4. The van der Waals surface area contributed by atoms with Gasteiger partial charge in [0.25, 0.3) is 0 Å². The Kier molecular flexibility index (Phi) is 9.55. The Labute approximate surface area is 204 Å². The molecular weight excluding hydrogens is 479 g/mol. The third-order valence-electron chi connectivity index (χ3n) is 5.19. The van der Waals surface area contributed by atoms with Crippen molar-refractivity contribution >= 4 is 21.7 Å². The molecule has 0 radical (unpaired) electrons. The van der Waals surface area contributed by atoms with Crippen LogP contribution in [0, 0.1) is 11.8 Å². The third-order valence-corrected chi connectivity index (χ3v) is 6.82. The molecule has 35 heavy (non-hydrogen) atoms. The number of esters is 1. The second-order valence-electron chi connectivity index (χ2n) is 8.12. The maximum absolute atomic E-state index is 13.3. The monoisotopic (exact) mass is 507 g/mol. The highest BCUT2D eigenvalue weighted by Gasteiger charge is 2.32. The van der Waals surface area contributed by atoms with Crippen molar-refractivity contribution in [3.8, 4) is 11.8 Å². The molecule has 0 spiro atoms. The molecule has 2 aromatic rings. The molecule has 2 rings (SSSR count). The first kappa shape index (κ1) is 28.0. The van der Waals surface area contributed by atoms with Crippen LogP contribution < -0.4 is 4.72 Å². The summed E-state index contributed by atoms with van der Waals surface area (Å²) in [4.78, 5) is 11.2. The number of ether oxygens (including phenoxy) is 1. The van der Waals surface area contributed by atoms with Crippen molar-refractivity contribution in [2.45, 2.75) is 50.5 Å². The minimum absolute atomic E-state index is 0.0784. The van der Waals surface area contributed by atoms with E-state index in [1.165, 1.54) is 13.2 Å². The highest BCUT2D eigenvalue weighted by atomic mass is 32.2. The fraction of sp³-hybridized carbons (Fsp3) is 0.346. The number of nitrogens with one attached hydrogen (secondary N) is 1. The van der Waals surface area contributed by atoms with Gasteiger partial charge in [0.2, 0.25) is 10.0 Å². The number of alkyl halides is 3. The van der Waals surface area contributed by atoms with E-state index in [-0.39, 0.29) is 30.0 Å². The van der Waals surface area contributed by atoms with Crippen LogP contribution in [0.2, 0.25) is 0 Å². The Morgan fingerprint density at radius 2 is 1.86 bits per heavy atom. The molecule has 0 amide bonds. The fourth-order valence-electron chi connectivity index (χ4n) is 3.25. The zero-order chi connectivity index (χ0) is 26.2. The molecule has 0 fully saturated rings. The van der Waals surface area contributed by atoms with Crippen LogP contribution in [0.25, 0.3) is 0 Å². The van der Waals surface area contributed by atoms with Gasteiger partial charge in [-0.25, -0.2) is 8.42 Å². The second kappa shape index (κ2) is 11.9. The van der Waals surface area contributed by atoms with Crippen molar-refractivity contribution in [3.05, 3.63) is 77.4 Å². The minimum Gasteiger partial charge on any atom is -0.469 e. The quantitative estimate of drug-likeness (QED) is 0.190. The Hall–Kier alpha value is -3.25. The molecule has 0 aliphatic carbocycles. The standard InChI is InChI=1S/C26H28F3NO4S/c1-5-24(21-12-9-11-19(16-21)18(2)3)35(32,33)30-23-15-14-22(26(27,28)29)17-20(23)10-7-6-8-13-25(31)34-4/h5,9,11-12,14-18,24,30H,1,6,8,13H2,2-4H3. The zero-order valence-corrected chi connectivity index (χ0v) is 20.6. The maximum atomic E-state index is 13.3. The summed E-state index contributed by atoms with van der Waals surface area (Å²) in [5.41, 5.74) is 0.272. The predicted octanol–water partition coefficient (Wildman–Crippen LogP) is 6.19. The van der Waals surface area contributed by atoms with Crippen LogP contribution in [0.3, 0.4) is 0 Å². The molecule has 0 heterocycles. The molecule has 1 atom stereocenters. The number of anilines is 1. The van der Waals surface area contributed by atoms with Gasteiger partial charge in [0, 0.05) is 18.4 Å². The molecular formula is C26H28F3NO4S. The molecule has 188 valence electrons. The van der Waals surface area contributed by atoms with E-state index in [1.54, 1.807) is 18.2 Å². The largest absolute Gasteiger partial charge is 0.469 e. The molecule has 0 aromatic heterocycles. The Bertz CT molecular complexity index is 1230. The molecule has 0 bridgehead atoms. The number of halogens is 3. The maximum Gasteiger partial charge on any atom is 0.416 e. The normalized spacial score (nSPS) is 12.4. The predicted molar refractivity (Wildman–Crippen MR) is 130 cm³/mol. The van der Waals surface area contributed by atoms with Crippen LogP contribution in [0.4, 0.5) is 18.9 Å². The van der Waals surface area contributed by atoms with Gasteiger partial charge in [-0.3, -0.25) is 9.52 Å². The van der Waals surface area contributed by atoms with E-state index >= 15 is 0 Å². The lowest BCUT2D eigenvalue weighted by atomic mass is 10.00. The zero-order valence-electron chi connectivity index (χ0n) is 19.8. The lowest BCUT2D eigenvalue weighted by molar-refractivity contribution is -0.140. The van der Waals surface area contributed by atoms with Gasteiger partial charge in [-0.05, 0) is 41.7 Å². The number of hydrogen-bond donors (Lipinski definition) is 1. The number of unbranched alkanes of at least 4 members (excludes halogenated alkanes) is 1. The smallest absolute Gasteiger partial charge is 0.416 e. The SMILES string of the molecule is C=CC(c1cccc(C(C)C)c1)S(=O)(=O)Nc1ccc(C(F)(F)F)cc1C#CCCCC(=O)OC. The van der Waals surface area contributed by atoms with E-state index in [2.05, 4.69) is 27.9 Å². The fourth-order valence-corrected chi connectivity index (χ4v) is 4.62. The van der Waals surface area contributed by atoms with Crippen LogP contribution in [0.15, 0.2) is 55.1 Å². The average Bonchev–Trinajstić information content (AvgIpc) is 2.79. The van der Waals surface area contributed by atoms with E-state index in [1.807, 2.05) is 19.9 Å². The van der Waals surface area contributed by atoms with E-state index in [9.17, 15) is 26.4 Å². The van der Waals surface area contributed by atoms with Crippen molar-refractivity contribution < 1.29 is 31.1 Å². The van der Waals surface area contributed by atoms with Crippen molar-refractivity contribution in [1.29, 1.82) is 0 Å². The second-order valence-corrected chi connectivity index (χ2v) is 9.92. The molecule has 0 aliphatic heterocycles. The van der Waals surface area contributed by atoms with Gasteiger partial charge in [0.15, 0.2) is 0 Å². The van der Waals surface area contributed by atoms with Gasteiger partial charge in [0.05, 0.1) is 18.4 Å². The van der Waals surface area contributed by atoms with Crippen molar-refractivity contribution in [2.24, 2.45) is 0 Å². The van der Waals surface area contributed by atoms with Gasteiger partial charge < -0.3 is 4.74 Å². The first-order valence-corrected chi connectivity index (χ1v) is 12.4. The summed E-state index contributed by atoms with van der Waals surface area (Å²) in [7, 11) is -2.87. The number of carbonyl (C=O) groups excluding carboxylic acids is 1. The van der Waals surface area contributed by atoms with E-state index in [0.29, 0.717) is 12.0 Å². The van der Waals surface area contributed by atoms with E-state index in [0.717, 1.165) is 23.8 Å². The topological polar surface area (TPSA) is 72.5 Å². The number of methoxy groups -OCH3 is 1. The van der Waals surface area contributed by atoms with E-state index < -0.39 is 33.0 Å². The van der Waals surface area contributed by atoms with Crippen LogP contribution in [-0.4, -0.2) is 21.5 Å². The summed E-state index contributed by atoms with van der Waals surface area (Å²) >= 11 is 0. The Morgan fingerprint density at radius 3 is 2.46 bits per heavy atom. The number of carbonyl (C=O) groups is 1. The van der Waals surface area contributed by atoms with E-state index in [4.69, 9.17) is 0 Å². The third kappa shape index (κ3) is 7.89. The number of benzene rings is 2. The summed E-state index contributed by atoms with van der Waals surface area (Å²) in [6, 6.07) is 9.70. The lowest BCUT2D eigenvalue weighted by Crippen LogP contribution is -2.21. The van der Waals surface area contributed by atoms with Gasteiger partial charge in [-0.2, -0.15) is 13.2 Å². The number of rotatable bonds is 9. The van der Waals surface area contributed by atoms with Crippen molar-refractivity contribution in [1.82, 2.24) is 0 Å². The first-order valence-electron chi connectivity index (χ1n) is 10.9. The van der Waals surface area contributed by atoms with Gasteiger partial charge in [-0.15, -0.1) is 6.58 Å². The highest BCUT2D eigenvalue weighted by molar-refractivity contribution is 7.93. The molecule has 0 saturated heterocycles. The van der Waals surface area contributed by atoms with Gasteiger partial charge in [0.1, 0.15) is 5.25 Å². The summed E-state index contributed by atoms with van der Waals surface area (Å²) in [6.07, 6.45) is -2.67. The van der Waals surface area contributed by atoms with Gasteiger partial charge >= 0.3 is 12.1 Å².